The topological polar surface area (TPSA) is 76.3 Å². The highest BCUT2D eigenvalue weighted by atomic mass is 79.9. The van der Waals surface area contributed by atoms with E-state index in [0.717, 1.165) is 20.3 Å². The fraction of sp³-hybridized carbons (Fsp3) is 0.0833. The maximum absolute atomic E-state index is 13.0. The minimum Gasteiger partial charge on any atom is -0.271 e. The van der Waals surface area contributed by atoms with Gasteiger partial charge in [0.1, 0.15) is 6.54 Å². The first-order valence-corrected chi connectivity index (χ1v) is 10.9. The molecule has 1 aromatic heterocycles. The van der Waals surface area contributed by atoms with E-state index in [1.54, 1.807) is 31.2 Å². The number of halogens is 2. The molecule has 1 heterocycles. The van der Waals surface area contributed by atoms with Crippen LogP contribution in [-0.4, -0.2) is 21.4 Å². The molecule has 0 radical (unpaired) electrons. The van der Waals surface area contributed by atoms with Gasteiger partial charge in [0.25, 0.3) is 11.5 Å². The van der Waals surface area contributed by atoms with Gasteiger partial charge in [0.05, 0.1) is 16.8 Å². The lowest BCUT2D eigenvalue weighted by molar-refractivity contribution is -0.121. The molecule has 0 spiro atoms. The Morgan fingerprint density at radius 2 is 1.69 bits per heavy atom. The van der Waals surface area contributed by atoms with Crippen molar-refractivity contribution in [2.24, 2.45) is 5.10 Å². The zero-order valence-corrected chi connectivity index (χ0v) is 19.4. The third kappa shape index (κ3) is 4.79. The zero-order valence-electron chi connectivity index (χ0n) is 17.0. The van der Waals surface area contributed by atoms with Gasteiger partial charge >= 0.3 is 0 Å². The molecule has 160 valence electrons. The van der Waals surface area contributed by atoms with Crippen LogP contribution in [0.15, 0.2) is 87.2 Å². The van der Waals surface area contributed by atoms with E-state index in [2.05, 4.69) is 31.6 Å². The van der Waals surface area contributed by atoms with Crippen molar-refractivity contribution in [1.29, 1.82) is 0 Å². The van der Waals surface area contributed by atoms with Crippen molar-refractivity contribution >= 4 is 49.9 Å². The normalized spacial score (nSPS) is 11.5. The monoisotopic (exact) mass is 508 g/mol. The first-order chi connectivity index (χ1) is 15.4. The van der Waals surface area contributed by atoms with Crippen LogP contribution >= 0.6 is 27.5 Å². The minimum absolute atomic E-state index is 0.263. The molecule has 1 N–H and O–H groups in total. The Balaban J connectivity index is 1.64. The van der Waals surface area contributed by atoms with Gasteiger partial charge in [-0.3, -0.25) is 9.59 Å². The predicted molar refractivity (Wildman–Crippen MR) is 131 cm³/mol. The number of carbonyl (C=O) groups is 1. The summed E-state index contributed by atoms with van der Waals surface area (Å²) in [6.45, 7) is 1.53. The van der Waals surface area contributed by atoms with Crippen molar-refractivity contribution in [3.63, 3.8) is 0 Å². The van der Waals surface area contributed by atoms with Gasteiger partial charge in [-0.05, 0) is 42.8 Å². The van der Waals surface area contributed by atoms with Gasteiger partial charge in [0.15, 0.2) is 0 Å². The smallest absolute Gasteiger partial charge is 0.271 e. The van der Waals surface area contributed by atoms with Gasteiger partial charge in [-0.25, -0.2) is 10.1 Å². The molecule has 0 aliphatic heterocycles. The highest BCUT2D eigenvalue weighted by Crippen LogP contribution is 2.25. The molecule has 6 nitrogen and oxygen atoms in total. The fourth-order valence-electron chi connectivity index (χ4n) is 3.24. The van der Waals surface area contributed by atoms with Crippen LogP contribution in [0.1, 0.15) is 12.5 Å². The lowest BCUT2D eigenvalue weighted by atomic mass is 10.1. The predicted octanol–water partition coefficient (Wildman–Crippen LogP) is 5.02. The summed E-state index contributed by atoms with van der Waals surface area (Å²) in [5.41, 5.74) is 5.07. The Kier molecular flexibility index (Phi) is 6.48. The zero-order chi connectivity index (χ0) is 22.7. The van der Waals surface area contributed by atoms with Gasteiger partial charge < -0.3 is 0 Å². The van der Waals surface area contributed by atoms with Crippen LogP contribution in [0.4, 0.5) is 0 Å². The van der Waals surface area contributed by atoms with Crippen LogP contribution in [0.2, 0.25) is 5.02 Å². The SMILES string of the molecule is C/C(=N\NC(=O)Cn1nc(-c2ccc(Cl)cc2)c2ccccc2c1=O)c1ccc(Br)cc1. The summed E-state index contributed by atoms with van der Waals surface area (Å²) in [6.07, 6.45) is 0. The summed E-state index contributed by atoms with van der Waals surface area (Å²) in [7, 11) is 0. The van der Waals surface area contributed by atoms with Gasteiger partial charge in [-0.1, -0.05) is 70.0 Å². The van der Waals surface area contributed by atoms with Crippen molar-refractivity contribution in [3.8, 4) is 11.3 Å². The quantitative estimate of drug-likeness (QED) is 0.303. The summed E-state index contributed by atoms with van der Waals surface area (Å²) in [5, 5.41) is 10.4. The average Bonchev–Trinajstić information content (AvgIpc) is 2.80. The molecular weight excluding hydrogens is 492 g/mol. The molecule has 0 fully saturated rings. The van der Waals surface area contributed by atoms with Gasteiger partial charge in [-0.2, -0.15) is 10.2 Å². The molecular formula is C24H18BrClN4O2. The summed E-state index contributed by atoms with van der Waals surface area (Å²) in [4.78, 5) is 25.5. The van der Waals surface area contributed by atoms with E-state index in [1.165, 1.54) is 0 Å². The van der Waals surface area contributed by atoms with Crippen molar-refractivity contribution < 1.29 is 4.79 Å². The Hall–Kier alpha value is -3.29. The summed E-state index contributed by atoms with van der Waals surface area (Å²) in [5.74, 6) is -0.451. The number of fused-ring (bicyclic) bond motifs is 1. The molecule has 0 saturated heterocycles. The largest absolute Gasteiger partial charge is 0.275 e. The van der Waals surface area contributed by atoms with Crippen LogP contribution in [0.25, 0.3) is 22.0 Å². The maximum Gasteiger partial charge on any atom is 0.275 e. The van der Waals surface area contributed by atoms with Crippen molar-refractivity contribution in [2.45, 2.75) is 13.5 Å². The van der Waals surface area contributed by atoms with E-state index in [1.807, 2.05) is 48.5 Å². The van der Waals surface area contributed by atoms with Crippen LogP contribution in [0, 0.1) is 0 Å². The highest BCUT2D eigenvalue weighted by molar-refractivity contribution is 9.10. The number of hydrazone groups is 1. The number of rotatable bonds is 5. The number of nitrogens with one attached hydrogen (secondary N) is 1. The first kappa shape index (κ1) is 21.9. The van der Waals surface area contributed by atoms with E-state index < -0.39 is 5.91 Å². The Bertz CT molecular complexity index is 1380. The number of amides is 1. The fourth-order valence-corrected chi connectivity index (χ4v) is 3.63. The molecule has 0 atom stereocenters. The van der Waals surface area contributed by atoms with Crippen molar-refractivity contribution in [1.82, 2.24) is 15.2 Å². The summed E-state index contributed by atoms with van der Waals surface area (Å²) < 4.78 is 2.11. The highest BCUT2D eigenvalue weighted by Gasteiger charge is 2.14. The van der Waals surface area contributed by atoms with E-state index in [4.69, 9.17) is 11.6 Å². The second-order valence-corrected chi connectivity index (χ2v) is 8.46. The lowest BCUT2D eigenvalue weighted by Gasteiger charge is -2.11. The summed E-state index contributed by atoms with van der Waals surface area (Å²) in [6, 6.07) is 21.9. The van der Waals surface area contributed by atoms with Crippen LogP contribution < -0.4 is 11.0 Å². The molecule has 0 aliphatic rings. The van der Waals surface area contributed by atoms with Crippen LogP contribution in [0.3, 0.4) is 0 Å². The van der Waals surface area contributed by atoms with E-state index in [0.29, 0.717) is 27.2 Å². The molecule has 0 bridgehead atoms. The van der Waals surface area contributed by atoms with E-state index in [-0.39, 0.29) is 12.1 Å². The molecule has 3 aromatic carbocycles. The number of nitrogens with zero attached hydrogens (tertiary/aromatic N) is 3. The van der Waals surface area contributed by atoms with Crippen LogP contribution in [-0.2, 0) is 11.3 Å². The minimum atomic E-state index is -0.451. The van der Waals surface area contributed by atoms with Crippen LogP contribution in [0.5, 0.6) is 0 Å². The van der Waals surface area contributed by atoms with E-state index in [9.17, 15) is 9.59 Å². The van der Waals surface area contributed by atoms with E-state index >= 15 is 0 Å². The molecule has 0 aliphatic carbocycles. The Labute approximate surface area is 197 Å². The molecule has 0 unspecified atom stereocenters. The lowest BCUT2D eigenvalue weighted by Crippen LogP contribution is -2.32. The van der Waals surface area contributed by atoms with Gasteiger partial charge in [0, 0.05) is 20.4 Å². The third-order valence-corrected chi connectivity index (χ3v) is 5.67. The molecule has 4 aromatic rings. The first-order valence-electron chi connectivity index (χ1n) is 9.77. The number of carbonyl (C=O) groups excluding carboxylic acids is 1. The number of aromatic nitrogens is 2. The maximum atomic E-state index is 13.0. The van der Waals surface area contributed by atoms with Gasteiger partial charge in [-0.15, -0.1) is 0 Å². The molecule has 32 heavy (non-hydrogen) atoms. The number of hydrogen-bond donors (Lipinski definition) is 1. The molecule has 4 rings (SSSR count). The molecule has 1 amide bonds. The Morgan fingerprint density at radius 1 is 1.03 bits per heavy atom. The van der Waals surface area contributed by atoms with Crippen molar-refractivity contribution in [2.75, 3.05) is 0 Å². The number of benzene rings is 3. The second kappa shape index (κ2) is 9.46. The standard InChI is InChI=1S/C24H18BrClN4O2/c1-15(16-6-10-18(25)11-7-16)27-28-22(31)14-30-24(32)21-5-3-2-4-20(21)23(29-30)17-8-12-19(26)13-9-17/h2-13H,14H2,1H3,(H,28,31)/b27-15+. The third-order valence-electron chi connectivity index (χ3n) is 4.89. The number of hydrogen-bond acceptors (Lipinski definition) is 4. The second-order valence-electron chi connectivity index (χ2n) is 7.10. The Morgan fingerprint density at radius 3 is 2.38 bits per heavy atom. The van der Waals surface area contributed by atoms with Crippen molar-refractivity contribution in [3.05, 3.63) is 98.2 Å². The average molecular weight is 510 g/mol. The molecule has 0 saturated carbocycles. The molecule has 8 heteroatoms. The van der Waals surface area contributed by atoms with Gasteiger partial charge in [0.2, 0.25) is 0 Å². The summed E-state index contributed by atoms with van der Waals surface area (Å²) >= 11 is 9.40.